The van der Waals surface area contributed by atoms with E-state index in [0.29, 0.717) is 6.54 Å². The molecule has 0 saturated heterocycles. The van der Waals surface area contributed by atoms with Crippen molar-refractivity contribution >= 4 is 5.91 Å². The molecule has 1 aliphatic carbocycles. The monoisotopic (exact) mass is 198 g/mol. The zero-order valence-corrected chi connectivity index (χ0v) is 9.55. The van der Waals surface area contributed by atoms with Gasteiger partial charge in [0.2, 0.25) is 5.91 Å². The third-order valence-electron chi connectivity index (χ3n) is 3.07. The van der Waals surface area contributed by atoms with Crippen molar-refractivity contribution in [2.45, 2.75) is 26.7 Å². The maximum absolute atomic E-state index is 11.4. The Morgan fingerprint density at radius 3 is 2.71 bits per heavy atom. The van der Waals surface area contributed by atoms with Crippen LogP contribution in [0.1, 0.15) is 26.7 Å². The molecular weight excluding hydrogens is 176 g/mol. The summed E-state index contributed by atoms with van der Waals surface area (Å²) < 4.78 is 0. The Bertz CT molecular complexity index is 190. The summed E-state index contributed by atoms with van der Waals surface area (Å²) in [6, 6.07) is 0. The lowest BCUT2D eigenvalue weighted by Crippen LogP contribution is -2.37. The van der Waals surface area contributed by atoms with Gasteiger partial charge in [-0.05, 0) is 38.1 Å². The number of likely N-dealkylation sites (N-methyl/N-ethyl adjacent to an activating group) is 1. The predicted octanol–water partition coefficient (Wildman–Crippen LogP) is 1.10. The van der Waals surface area contributed by atoms with Gasteiger partial charge >= 0.3 is 0 Å². The van der Waals surface area contributed by atoms with Crippen molar-refractivity contribution in [3.63, 3.8) is 0 Å². The van der Waals surface area contributed by atoms with Crippen LogP contribution in [0.5, 0.6) is 0 Å². The van der Waals surface area contributed by atoms with Crippen LogP contribution in [-0.2, 0) is 4.79 Å². The van der Waals surface area contributed by atoms with Gasteiger partial charge in [-0.1, -0.05) is 6.92 Å². The second kappa shape index (κ2) is 5.35. The summed E-state index contributed by atoms with van der Waals surface area (Å²) in [7, 11) is 1.84. The highest BCUT2D eigenvalue weighted by Gasteiger charge is 2.27. The lowest BCUT2D eigenvalue weighted by atomic mass is 10.1. The normalized spacial score (nSPS) is 17.9. The first kappa shape index (κ1) is 11.5. The minimum absolute atomic E-state index is 0.190. The van der Waals surface area contributed by atoms with Crippen LogP contribution in [0, 0.1) is 11.8 Å². The first-order chi connectivity index (χ1) is 6.65. The minimum Gasteiger partial charge on any atom is -0.345 e. The fraction of sp³-hybridized carbons (Fsp3) is 0.909. The van der Waals surface area contributed by atoms with Gasteiger partial charge in [0.15, 0.2) is 0 Å². The highest BCUT2D eigenvalue weighted by atomic mass is 16.2. The second-order valence-corrected chi connectivity index (χ2v) is 4.35. The smallest absolute Gasteiger partial charge is 0.236 e. The molecule has 1 saturated carbocycles. The van der Waals surface area contributed by atoms with Gasteiger partial charge in [-0.2, -0.15) is 0 Å². The van der Waals surface area contributed by atoms with E-state index in [4.69, 9.17) is 0 Å². The van der Waals surface area contributed by atoms with Crippen LogP contribution in [0.25, 0.3) is 0 Å². The molecule has 14 heavy (non-hydrogen) atoms. The molecule has 0 bridgehead atoms. The third kappa shape index (κ3) is 3.66. The summed E-state index contributed by atoms with van der Waals surface area (Å²) in [5, 5.41) is 3.23. The summed E-state index contributed by atoms with van der Waals surface area (Å²) in [4.78, 5) is 13.1. The Kier molecular flexibility index (Phi) is 4.39. The number of carbonyl (C=O) groups excluding carboxylic acids is 1. The Morgan fingerprint density at radius 2 is 2.21 bits per heavy atom. The van der Waals surface area contributed by atoms with Crippen LogP contribution in [0.2, 0.25) is 0 Å². The molecule has 1 aliphatic rings. The second-order valence-electron chi connectivity index (χ2n) is 4.35. The lowest BCUT2D eigenvalue weighted by Gasteiger charge is -2.16. The Morgan fingerprint density at radius 1 is 1.57 bits per heavy atom. The van der Waals surface area contributed by atoms with Gasteiger partial charge in [-0.3, -0.25) is 4.79 Å². The van der Waals surface area contributed by atoms with E-state index >= 15 is 0 Å². The molecule has 1 rings (SSSR count). The van der Waals surface area contributed by atoms with Crippen molar-refractivity contribution in [3.8, 4) is 0 Å². The van der Waals surface area contributed by atoms with Gasteiger partial charge in [0, 0.05) is 13.6 Å². The minimum atomic E-state index is 0.190. The molecule has 1 N–H and O–H groups in total. The standard InChI is InChI=1S/C11H22N2O/c1-4-13(3)11(14)8-12-7-9(2)10-5-6-10/h9-10,12H,4-8H2,1-3H3. The number of hydrogen-bond acceptors (Lipinski definition) is 2. The summed E-state index contributed by atoms with van der Waals surface area (Å²) in [5.74, 6) is 1.84. The molecule has 0 radical (unpaired) electrons. The van der Waals surface area contributed by atoms with Gasteiger partial charge in [-0.25, -0.2) is 0 Å². The van der Waals surface area contributed by atoms with E-state index < -0.39 is 0 Å². The molecule has 1 fully saturated rings. The van der Waals surface area contributed by atoms with Gasteiger partial charge in [-0.15, -0.1) is 0 Å². The molecule has 0 aromatic rings. The molecule has 1 unspecified atom stereocenters. The highest BCUT2D eigenvalue weighted by molar-refractivity contribution is 5.77. The molecule has 0 spiro atoms. The first-order valence-corrected chi connectivity index (χ1v) is 5.59. The van der Waals surface area contributed by atoms with Crippen molar-refractivity contribution in [2.24, 2.45) is 11.8 Å². The van der Waals surface area contributed by atoms with Crippen LogP contribution in [0.4, 0.5) is 0 Å². The number of nitrogens with one attached hydrogen (secondary N) is 1. The topological polar surface area (TPSA) is 32.3 Å². The SMILES string of the molecule is CCN(C)C(=O)CNCC(C)C1CC1. The van der Waals surface area contributed by atoms with E-state index in [1.165, 1.54) is 12.8 Å². The third-order valence-corrected chi connectivity index (χ3v) is 3.07. The molecule has 0 aliphatic heterocycles. The number of amides is 1. The van der Waals surface area contributed by atoms with E-state index in [2.05, 4.69) is 12.2 Å². The number of carbonyl (C=O) groups is 1. The number of hydrogen-bond donors (Lipinski definition) is 1. The molecule has 0 aromatic heterocycles. The maximum atomic E-state index is 11.4. The van der Waals surface area contributed by atoms with E-state index in [-0.39, 0.29) is 5.91 Å². The van der Waals surface area contributed by atoms with Crippen molar-refractivity contribution in [1.82, 2.24) is 10.2 Å². The molecule has 82 valence electrons. The zero-order chi connectivity index (χ0) is 10.6. The summed E-state index contributed by atoms with van der Waals surface area (Å²) in [6.45, 7) is 6.51. The van der Waals surface area contributed by atoms with Crippen LogP contribution < -0.4 is 5.32 Å². The summed E-state index contributed by atoms with van der Waals surface area (Å²) >= 11 is 0. The number of nitrogens with zero attached hydrogens (tertiary/aromatic N) is 1. The average Bonchev–Trinajstić information content (AvgIpc) is 2.99. The Hall–Kier alpha value is -0.570. The van der Waals surface area contributed by atoms with Crippen molar-refractivity contribution in [1.29, 1.82) is 0 Å². The quantitative estimate of drug-likeness (QED) is 0.693. The first-order valence-electron chi connectivity index (χ1n) is 5.59. The van der Waals surface area contributed by atoms with Gasteiger partial charge in [0.1, 0.15) is 0 Å². The molecular formula is C11H22N2O. The maximum Gasteiger partial charge on any atom is 0.236 e. The molecule has 0 aromatic carbocycles. The molecule has 1 atom stereocenters. The average molecular weight is 198 g/mol. The van der Waals surface area contributed by atoms with E-state index in [0.717, 1.165) is 24.9 Å². The Balaban J connectivity index is 2.04. The lowest BCUT2D eigenvalue weighted by molar-refractivity contribution is -0.128. The van der Waals surface area contributed by atoms with E-state index in [1.807, 2.05) is 14.0 Å². The van der Waals surface area contributed by atoms with E-state index in [9.17, 15) is 4.79 Å². The summed E-state index contributed by atoms with van der Waals surface area (Å²) in [5.41, 5.74) is 0. The van der Waals surface area contributed by atoms with Gasteiger partial charge in [0.25, 0.3) is 0 Å². The molecule has 3 heteroatoms. The predicted molar refractivity (Wildman–Crippen MR) is 58.1 cm³/mol. The van der Waals surface area contributed by atoms with Crippen LogP contribution in [0.3, 0.4) is 0 Å². The fourth-order valence-electron chi connectivity index (χ4n) is 1.55. The number of rotatable bonds is 6. The van der Waals surface area contributed by atoms with Crippen LogP contribution in [0.15, 0.2) is 0 Å². The van der Waals surface area contributed by atoms with Crippen LogP contribution in [-0.4, -0.2) is 37.5 Å². The molecule has 0 heterocycles. The highest BCUT2D eigenvalue weighted by Crippen LogP contribution is 2.35. The van der Waals surface area contributed by atoms with Crippen LogP contribution >= 0.6 is 0 Å². The zero-order valence-electron chi connectivity index (χ0n) is 9.55. The Labute approximate surface area is 86.9 Å². The summed E-state index contributed by atoms with van der Waals surface area (Å²) in [6.07, 6.45) is 2.76. The van der Waals surface area contributed by atoms with E-state index in [1.54, 1.807) is 4.90 Å². The van der Waals surface area contributed by atoms with Crippen molar-refractivity contribution in [3.05, 3.63) is 0 Å². The van der Waals surface area contributed by atoms with Crippen molar-refractivity contribution in [2.75, 3.05) is 26.7 Å². The fourth-order valence-corrected chi connectivity index (χ4v) is 1.55. The largest absolute Gasteiger partial charge is 0.345 e. The molecule has 3 nitrogen and oxygen atoms in total. The molecule has 1 amide bonds. The van der Waals surface area contributed by atoms with Gasteiger partial charge < -0.3 is 10.2 Å². The van der Waals surface area contributed by atoms with Gasteiger partial charge in [0.05, 0.1) is 6.54 Å². The van der Waals surface area contributed by atoms with Crippen molar-refractivity contribution < 1.29 is 4.79 Å².